The van der Waals surface area contributed by atoms with Gasteiger partial charge in [-0.2, -0.15) is 0 Å². The van der Waals surface area contributed by atoms with E-state index in [9.17, 15) is 0 Å². The van der Waals surface area contributed by atoms with Gasteiger partial charge in [-0.1, -0.05) is 0 Å². The molecule has 0 amide bonds. The van der Waals surface area contributed by atoms with E-state index in [1.165, 1.54) is 43.9 Å². The predicted molar refractivity (Wildman–Crippen MR) is 81.0 cm³/mol. The minimum Gasteiger partial charge on any atom is -0.384 e. The van der Waals surface area contributed by atoms with Crippen molar-refractivity contribution in [3.8, 4) is 0 Å². The molecule has 1 aliphatic heterocycles. The lowest BCUT2D eigenvalue weighted by Gasteiger charge is -2.32. The van der Waals surface area contributed by atoms with Crippen LogP contribution < -0.4 is 0 Å². The normalized spacial score (nSPS) is 20.8. The van der Waals surface area contributed by atoms with Crippen molar-refractivity contribution in [2.75, 3.05) is 33.4 Å². The highest BCUT2D eigenvalue weighted by Crippen LogP contribution is 2.18. The van der Waals surface area contributed by atoms with E-state index in [0.717, 1.165) is 24.6 Å². The van der Waals surface area contributed by atoms with Gasteiger partial charge in [0, 0.05) is 25.5 Å². The molecule has 2 rings (SSSR count). The molecule has 2 heterocycles. The summed E-state index contributed by atoms with van der Waals surface area (Å²) in [7, 11) is 1.80. The van der Waals surface area contributed by atoms with Crippen LogP contribution in [-0.2, 0) is 17.0 Å². The van der Waals surface area contributed by atoms with Crippen LogP contribution in [0.25, 0.3) is 0 Å². The number of methoxy groups -OCH3 is 1. The summed E-state index contributed by atoms with van der Waals surface area (Å²) in [6.07, 6.45) is 4.89. The highest BCUT2D eigenvalue weighted by Gasteiger charge is 2.19. The van der Waals surface area contributed by atoms with E-state index < -0.39 is 0 Å². The van der Waals surface area contributed by atoms with Gasteiger partial charge in [0.25, 0.3) is 0 Å². The second-order valence-corrected chi connectivity index (χ2v) is 6.44. The van der Waals surface area contributed by atoms with Crippen LogP contribution in [0.4, 0.5) is 0 Å². The molecule has 0 N–H and O–H groups in total. The molecule has 19 heavy (non-hydrogen) atoms. The summed E-state index contributed by atoms with van der Waals surface area (Å²) in [5.74, 6) is 1.25. The summed E-state index contributed by atoms with van der Waals surface area (Å²) < 4.78 is 5.27. The first-order chi connectivity index (χ1) is 9.31. The summed E-state index contributed by atoms with van der Waals surface area (Å²) >= 11 is 7.50. The molecule has 1 aromatic rings. The number of piperidine rings is 1. The third-order valence-corrected chi connectivity index (χ3v) is 4.84. The van der Waals surface area contributed by atoms with Gasteiger partial charge in [0.1, 0.15) is 0 Å². The first-order valence-corrected chi connectivity index (χ1v) is 8.43. The van der Waals surface area contributed by atoms with Crippen LogP contribution in [0, 0.1) is 5.92 Å². The Labute approximate surface area is 124 Å². The fourth-order valence-corrected chi connectivity index (χ4v) is 3.77. The molecule has 5 heteroatoms. The Bertz CT molecular complexity index is 370. The van der Waals surface area contributed by atoms with Gasteiger partial charge < -0.3 is 9.64 Å². The third kappa shape index (κ3) is 5.03. The van der Waals surface area contributed by atoms with Crippen LogP contribution in [0.3, 0.4) is 0 Å². The number of likely N-dealkylation sites (tertiary alicyclic amines) is 1. The summed E-state index contributed by atoms with van der Waals surface area (Å²) in [6, 6.07) is 0. The van der Waals surface area contributed by atoms with E-state index in [1.54, 1.807) is 18.4 Å². The van der Waals surface area contributed by atoms with Crippen LogP contribution in [0.1, 0.15) is 30.0 Å². The topological polar surface area (TPSA) is 25.4 Å². The van der Waals surface area contributed by atoms with E-state index in [0.29, 0.717) is 5.88 Å². The molecule has 1 aliphatic rings. The minimum absolute atomic E-state index is 0.529. The first-order valence-electron chi connectivity index (χ1n) is 7.02. The van der Waals surface area contributed by atoms with Crippen LogP contribution in [-0.4, -0.2) is 43.2 Å². The Morgan fingerprint density at radius 2 is 2.47 bits per heavy atom. The maximum Gasteiger partial charge on any atom is 0.0929 e. The molecule has 0 saturated carbocycles. The van der Waals surface area contributed by atoms with Crippen LogP contribution in [0.2, 0.25) is 0 Å². The lowest BCUT2D eigenvalue weighted by Crippen LogP contribution is -2.37. The fraction of sp³-hybridized carbons (Fsp3) is 0.786. The summed E-state index contributed by atoms with van der Waals surface area (Å²) in [5, 5.41) is 3.29. The molecule has 0 aliphatic carbocycles. The second kappa shape index (κ2) is 8.20. The van der Waals surface area contributed by atoms with Crippen molar-refractivity contribution < 1.29 is 4.74 Å². The van der Waals surface area contributed by atoms with E-state index in [-0.39, 0.29) is 0 Å². The molecule has 1 fully saturated rings. The van der Waals surface area contributed by atoms with Gasteiger partial charge in [-0.05, 0) is 38.3 Å². The highest BCUT2D eigenvalue weighted by molar-refractivity contribution is 7.09. The van der Waals surface area contributed by atoms with Gasteiger partial charge in [0.15, 0.2) is 0 Å². The average Bonchev–Trinajstić information content (AvgIpc) is 2.88. The van der Waals surface area contributed by atoms with Crippen LogP contribution in [0.5, 0.6) is 0 Å². The summed E-state index contributed by atoms with van der Waals surface area (Å²) in [4.78, 5) is 7.08. The molecule has 1 unspecified atom stereocenters. The number of rotatable bonds is 7. The van der Waals surface area contributed by atoms with Gasteiger partial charge in [-0.25, -0.2) is 4.98 Å². The average molecular weight is 303 g/mol. The fourth-order valence-electron chi connectivity index (χ4n) is 2.71. The number of hydrogen-bond acceptors (Lipinski definition) is 4. The predicted octanol–water partition coefficient (Wildman–Crippen LogP) is 3.17. The maximum atomic E-state index is 5.77. The number of halogens is 1. The van der Waals surface area contributed by atoms with Crippen molar-refractivity contribution in [2.45, 2.75) is 31.6 Å². The Morgan fingerprint density at radius 1 is 1.58 bits per heavy atom. The monoisotopic (exact) mass is 302 g/mol. The molecule has 108 valence electrons. The molecule has 0 radical (unpaired) electrons. The van der Waals surface area contributed by atoms with Crippen molar-refractivity contribution in [3.63, 3.8) is 0 Å². The van der Waals surface area contributed by atoms with Crippen molar-refractivity contribution >= 4 is 22.9 Å². The number of nitrogens with zero attached hydrogens (tertiary/aromatic N) is 2. The molecule has 0 bridgehead atoms. The van der Waals surface area contributed by atoms with Gasteiger partial charge >= 0.3 is 0 Å². The van der Waals surface area contributed by atoms with Gasteiger partial charge in [-0.15, -0.1) is 22.9 Å². The largest absolute Gasteiger partial charge is 0.384 e. The smallest absolute Gasteiger partial charge is 0.0929 e. The Balaban J connectivity index is 1.67. The molecular formula is C14H23ClN2OS. The second-order valence-electron chi connectivity index (χ2n) is 5.23. The number of thiazole rings is 1. The maximum absolute atomic E-state index is 5.77. The highest BCUT2D eigenvalue weighted by atomic mass is 35.5. The number of aryl methyl sites for hydroxylation is 1. The van der Waals surface area contributed by atoms with Gasteiger partial charge in [-0.3, -0.25) is 0 Å². The van der Waals surface area contributed by atoms with Crippen LogP contribution >= 0.6 is 22.9 Å². The number of ether oxygens (including phenoxy) is 1. The standard InChI is InChI=1S/C14H23ClN2OS/c1-18-10-12-4-2-6-17(9-12)7-3-5-14-16-13(8-15)11-19-14/h11-12H,2-10H2,1H3. The molecule has 0 spiro atoms. The molecule has 1 atom stereocenters. The number of hydrogen-bond donors (Lipinski definition) is 0. The lowest BCUT2D eigenvalue weighted by molar-refractivity contribution is 0.0902. The van der Waals surface area contributed by atoms with Crippen molar-refractivity contribution in [3.05, 3.63) is 16.1 Å². The number of alkyl halides is 1. The molecule has 3 nitrogen and oxygen atoms in total. The van der Waals surface area contributed by atoms with E-state index in [2.05, 4.69) is 15.3 Å². The van der Waals surface area contributed by atoms with E-state index in [1.807, 2.05) is 0 Å². The minimum atomic E-state index is 0.529. The molecule has 1 aromatic heterocycles. The zero-order chi connectivity index (χ0) is 13.5. The van der Waals surface area contributed by atoms with E-state index in [4.69, 9.17) is 16.3 Å². The van der Waals surface area contributed by atoms with Crippen molar-refractivity contribution in [2.24, 2.45) is 5.92 Å². The zero-order valence-electron chi connectivity index (χ0n) is 11.6. The van der Waals surface area contributed by atoms with Crippen molar-refractivity contribution in [1.29, 1.82) is 0 Å². The molecule has 0 aromatic carbocycles. The van der Waals surface area contributed by atoms with Crippen molar-refractivity contribution in [1.82, 2.24) is 9.88 Å². The Kier molecular flexibility index (Phi) is 6.57. The SMILES string of the molecule is COCC1CCCN(CCCc2nc(CCl)cs2)C1. The quantitative estimate of drug-likeness (QED) is 0.723. The third-order valence-electron chi connectivity index (χ3n) is 3.61. The van der Waals surface area contributed by atoms with Gasteiger partial charge in [0.05, 0.1) is 23.2 Å². The van der Waals surface area contributed by atoms with E-state index >= 15 is 0 Å². The molecular weight excluding hydrogens is 280 g/mol. The lowest BCUT2D eigenvalue weighted by atomic mass is 9.99. The summed E-state index contributed by atoms with van der Waals surface area (Å²) in [5.41, 5.74) is 1.01. The Hall–Kier alpha value is -0.160. The van der Waals surface area contributed by atoms with Gasteiger partial charge in [0.2, 0.25) is 0 Å². The molecule has 1 saturated heterocycles. The summed E-state index contributed by atoms with van der Waals surface area (Å²) in [6.45, 7) is 4.52. The van der Waals surface area contributed by atoms with Crippen LogP contribution in [0.15, 0.2) is 5.38 Å². The first kappa shape index (κ1) is 15.2. The number of aromatic nitrogens is 1. The zero-order valence-corrected chi connectivity index (χ0v) is 13.2. The Morgan fingerprint density at radius 3 is 3.21 bits per heavy atom.